The van der Waals surface area contributed by atoms with Crippen molar-refractivity contribution in [3.63, 3.8) is 0 Å². The average molecular weight is 305 g/mol. The second kappa shape index (κ2) is 7.12. The highest BCUT2D eigenvalue weighted by molar-refractivity contribution is 8.14. The van der Waals surface area contributed by atoms with E-state index >= 15 is 0 Å². The standard InChI is InChI=1S/C15H13ClN2OS/c16-12-8-6-11(7-9-12)14(19)10-20-15(17)18-13-4-2-1-3-5-13/h1-9H,10H2,(H2,17,18). The summed E-state index contributed by atoms with van der Waals surface area (Å²) in [6.45, 7) is 0. The van der Waals surface area contributed by atoms with E-state index in [-0.39, 0.29) is 11.5 Å². The molecule has 0 unspecified atom stereocenters. The molecule has 2 aromatic carbocycles. The number of nitrogens with zero attached hydrogens (tertiary/aromatic N) is 1. The van der Waals surface area contributed by atoms with E-state index in [0.29, 0.717) is 15.8 Å². The van der Waals surface area contributed by atoms with Gasteiger partial charge in [0.25, 0.3) is 0 Å². The largest absolute Gasteiger partial charge is 0.378 e. The molecule has 2 N–H and O–H groups in total. The Morgan fingerprint density at radius 1 is 1.10 bits per heavy atom. The molecule has 0 spiro atoms. The molecule has 0 saturated heterocycles. The molecule has 0 heterocycles. The third-order valence-corrected chi connectivity index (χ3v) is 3.56. The normalized spacial score (nSPS) is 11.3. The lowest BCUT2D eigenvalue weighted by Gasteiger charge is -2.02. The van der Waals surface area contributed by atoms with Crippen LogP contribution < -0.4 is 5.73 Å². The number of halogens is 1. The number of hydrogen-bond acceptors (Lipinski definition) is 3. The fourth-order valence-corrected chi connectivity index (χ4v) is 2.26. The molecule has 0 bridgehead atoms. The molecule has 0 radical (unpaired) electrons. The summed E-state index contributed by atoms with van der Waals surface area (Å²) in [6, 6.07) is 16.2. The molecule has 102 valence electrons. The molecule has 20 heavy (non-hydrogen) atoms. The van der Waals surface area contributed by atoms with Crippen molar-refractivity contribution in [1.29, 1.82) is 0 Å². The number of carbonyl (C=O) groups excluding carboxylic acids is 1. The van der Waals surface area contributed by atoms with Crippen LogP contribution in [0, 0.1) is 0 Å². The fraction of sp³-hybridized carbons (Fsp3) is 0.0667. The minimum absolute atomic E-state index is 0.00196. The van der Waals surface area contributed by atoms with Gasteiger partial charge in [-0.3, -0.25) is 4.79 Å². The number of hydrogen-bond donors (Lipinski definition) is 1. The number of thioether (sulfide) groups is 1. The van der Waals surface area contributed by atoms with Crippen molar-refractivity contribution in [3.8, 4) is 0 Å². The second-order valence-corrected chi connectivity index (χ2v) is 5.44. The zero-order valence-electron chi connectivity index (χ0n) is 10.6. The van der Waals surface area contributed by atoms with Gasteiger partial charge >= 0.3 is 0 Å². The lowest BCUT2D eigenvalue weighted by Crippen LogP contribution is -2.11. The summed E-state index contributed by atoms with van der Waals surface area (Å²) in [5.74, 6) is 0.252. The van der Waals surface area contributed by atoms with Crippen LogP contribution in [0.25, 0.3) is 0 Å². The monoisotopic (exact) mass is 304 g/mol. The molecule has 3 nitrogen and oxygen atoms in total. The van der Waals surface area contributed by atoms with E-state index < -0.39 is 0 Å². The molecular formula is C15H13ClN2OS. The fourth-order valence-electron chi connectivity index (χ4n) is 1.52. The summed E-state index contributed by atoms with van der Waals surface area (Å²) >= 11 is 7.00. The zero-order chi connectivity index (χ0) is 14.4. The van der Waals surface area contributed by atoms with E-state index in [4.69, 9.17) is 17.3 Å². The van der Waals surface area contributed by atoms with Gasteiger partial charge in [0.1, 0.15) is 0 Å². The maximum absolute atomic E-state index is 11.9. The van der Waals surface area contributed by atoms with Crippen LogP contribution in [0.3, 0.4) is 0 Å². The Balaban J connectivity index is 1.93. The molecule has 5 heteroatoms. The smallest absolute Gasteiger partial charge is 0.173 e. The van der Waals surface area contributed by atoms with E-state index in [1.54, 1.807) is 24.3 Å². The summed E-state index contributed by atoms with van der Waals surface area (Å²) in [4.78, 5) is 16.2. The van der Waals surface area contributed by atoms with Crippen molar-refractivity contribution in [3.05, 3.63) is 65.2 Å². The number of aliphatic imine (C=N–C) groups is 1. The van der Waals surface area contributed by atoms with Crippen molar-refractivity contribution < 1.29 is 4.79 Å². The minimum atomic E-state index is -0.00196. The van der Waals surface area contributed by atoms with E-state index in [2.05, 4.69) is 4.99 Å². The van der Waals surface area contributed by atoms with E-state index in [0.717, 1.165) is 5.69 Å². The Morgan fingerprint density at radius 3 is 2.40 bits per heavy atom. The number of amidine groups is 1. The van der Waals surface area contributed by atoms with Gasteiger partial charge < -0.3 is 5.73 Å². The van der Waals surface area contributed by atoms with Gasteiger partial charge in [0.2, 0.25) is 0 Å². The van der Waals surface area contributed by atoms with Gasteiger partial charge in [-0.1, -0.05) is 41.6 Å². The van der Waals surface area contributed by atoms with Crippen LogP contribution in [0.5, 0.6) is 0 Å². The van der Waals surface area contributed by atoms with Crippen LogP contribution in [-0.4, -0.2) is 16.7 Å². The SMILES string of the molecule is NC(=Nc1ccccc1)SCC(=O)c1ccc(Cl)cc1. The second-order valence-electron chi connectivity index (χ2n) is 4.00. The third kappa shape index (κ3) is 4.40. The highest BCUT2D eigenvalue weighted by atomic mass is 35.5. The molecule has 0 atom stereocenters. The van der Waals surface area contributed by atoms with Crippen molar-refractivity contribution in [2.45, 2.75) is 0 Å². The third-order valence-electron chi connectivity index (χ3n) is 2.51. The zero-order valence-corrected chi connectivity index (χ0v) is 12.2. The quantitative estimate of drug-likeness (QED) is 0.529. The lowest BCUT2D eigenvalue weighted by molar-refractivity contribution is 0.102. The topological polar surface area (TPSA) is 55.4 Å². The van der Waals surface area contributed by atoms with E-state index in [1.807, 2.05) is 30.3 Å². The van der Waals surface area contributed by atoms with Crippen LogP contribution in [-0.2, 0) is 0 Å². The molecule has 0 amide bonds. The molecule has 0 aliphatic carbocycles. The van der Waals surface area contributed by atoms with Gasteiger partial charge in [-0.05, 0) is 36.4 Å². The predicted octanol–water partition coefficient (Wildman–Crippen LogP) is 3.90. The summed E-state index contributed by atoms with van der Waals surface area (Å²) < 4.78 is 0. The Hall–Kier alpha value is -1.78. The molecule has 0 aliphatic rings. The van der Waals surface area contributed by atoms with Crippen LogP contribution in [0.1, 0.15) is 10.4 Å². The Labute approximate surface area is 126 Å². The van der Waals surface area contributed by atoms with Crippen molar-refractivity contribution in [2.24, 2.45) is 10.7 Å². The first-order chi connectivity index (χ1) is 9.65. The average Bonchev–Trinajstić information content (AvgIpc) is 2.46. The summed E-state index contributed by atoms with van der Waals surface area (Å²) in [5, 5.41) is 0.984. The first kappa shape index (κ1) is 14.6. The number of nitrogens with two attached hydrogens (primary N) is 1. The number of Topliss-reactive ketones (excluding diaryl/α,β-unsaturated/α-hetero) is 1. The maximum atomic E-state index is 11.9. The van der Waals surface area contributed by atoms with Crippen LogP contribution >= 0.6 is 23.4 Å². The number of para-hydroxylation sites is 1. The molecule has 0 aliphatic heterocycles. The molecule has 2 aromatic rings. The van der Waals surface area contributed by atoms with E-state index in [1.165, 1.54) is 11.8 Å². The summed E-state index contributed by atoms with van der Waals surface area (Å²) in [5.41, 5.74) is 7.19. The highest BCUT2D eigenvalue weighted by Crippen LogP contribution is 2.15. The summed E-state index contributed by atoms with van der Waals surface area (Å²) in [6.07, 6.45) is 0. The maximum Gasteiger partial charge on any atom is 0.173 e. The van der Waals surface area contributed by atoms with Crippen LogP contribution in [0.15, 0.2) is 59.6 Å². The van der Waals surface area contributed by atoms with Crippen molar-refractivity contribution >= 4 is 40.0 Å². The van der Waals surface area contributed by atoms with Gasteiger partial charge in [-0.2, -0.15) is 0 Å². The van der Waals surface area contributed by atoms with Crippen molar-refractivity contribution in [1.82, 2.24) is 0 Å². The van der Waals surface area contributed by atoms with Crippen molar-refractivity contribution in [2.75, 3.05) is 5.75 Å². The van der Waals surface area contributed by atoms with E-state index in [9.17, 15) is 4.79 Å². The Bertz CT molecular complexity index is 612. The van der Waals surface area contributed by atoms with Crippen LogP contribution in [0.4, 0.5) is 5.69 Å². The van der Waals surface area contributed by atoms with Gasteiger partial charge in [-0.25, -0.2) is 4.99 Å². The van der Waals surface area contributed by atoms with Gasteiger partial charge in [0.05, 0.1) is 11.4 Å². The number of carbonyl (C=O) groups is 1. The van der Waals surface area contributed by atoms with Gasteiger partial charge in [0.15, 0.2) is 11.0 Å². The molecule has 2 rings (SSSR count). The number of benzene rings is 2. The minimum Gasteiger partial charge on any atom is -0.378 e. The molecular weight excluding hydrogens is 292 g/mol. The highest BCUT2D eigenvalue weighted by Gasteiger charge is 2.07. The van der Waals surface area contributed by atoms with Crippen LogP contribution in [0.2, 0.25) is 5.02 Å². The predicted molar refractivity (Wildman–Crippen MR) is 86.0 cm³/mol. The first-order valence-corrected chi connectivity index (χ1v) is 7.32. The molecule has 0 fully saturated rings. The lowest BCUT2D eigenvalue weighted by atomic mass is 10.1. The first-order valence-electron chi connectivity index (χ1n) is 5.96. The summed E-state index contributed by atoms with van der Waals surface area (Å²) in [7, 11) is 0. The van der Waals surface area contributed by atoms with Gasteiger partial charge in [-0.15, -0.1) is 0 Å². The number of ketones is 1. The number of rotatable bonds is 4. The molecule has 0 saturated carbocycles. The molecule has 0 aromatic heterocycles. The van der Waals surface area contributed by atoms with Gasteiger partial charge in [0, 0.05) is 10.6 Å². The Morgan fingerprint density at radius 2 is 1.75 bits per heavy atom. The Kier molecular flexibility index (Phi) is 5.21.